The summed E-state index contributed by atoms with van der Waals surface area (Å²) in [6, 6.07) is 51.0. The maximum absolute atomic E-state index is 6.64. The van der Waals surface area contributed by atoms with Crippen molar-refractivity contribution >= 4 is 12.2 Å². The van der Waals surface area contributed by atoms with E-state index in [4.69, 9.17) is 9.47 Å². The molecule has 2 heteroatoms. The van der Waals surface area contributed by atoms with Crippen molar-refractivity contribution in [3.05, 3.63) is 179 Å². The normalized spacial score (nSPS) is 13.9. The molecular formula is C39H26O2. The molecule has 41 heavy (non-hydrogen) atoms. The monoisotopic (exact) mass is 526 g/mol. The highest BCUT2D eigenvalue weighted by molar-refractivity contribution is 5.92. The molecule has 1 aliphatic heterocycles. The zero-order valence-electron chi connectivity index (χ0n) is 22.3. The predicted molar refractivity (Wildman–Crippen MR) is 166 cm³/mol. The van der Waals surface area contributed by atoms with Crippen molar-refractivity contribution in [3.63, 3.8) is 0 Å². The van der Waals surface area contributed by atoms with Crippen LogP contribution in [0.4, 0.5) is 0 Å². The number of ether oxygens (including phenoxy) is 2. The van der Waals surface area contributed by atoms with Gasteiger partial charge in [-0.1, -0.05) is 133 Å². The van der Waals surface area contributed by atoms with E-state index in [1.54, 1.807) is 0 Å². The van der Waals surface area contributed by atoms with Crippen LogP contribution >= 0.6 is 0 Å². The van der Waals surface area contributed by atoms with Crippen LogP contribution in [0.5, 0.6) is 23.0 Å². The Labute approximate surface area is 239 Å². The number of hydrogen-bond donors (Lipinski definition) is 0. The van der Waals surface area contributed by atoms with E-state index in [9.17, 15) is 0 Å². The fourth-order valence-electron chi connectivity index (χ4n) is 6.43. The Balaban J connectivity index is 1.42. The van der Waals surface area contributed by atoms with Crippen molar-refractivity contribution in [2.45, 2.75) is 5.41 Å². The van der Waals surface area contributed by atoms with Crippen LogP contribution < -0.4 is 9.47 Å². The first-order valence-corrected chi connectivity index (χ1v) is 13.9. The van der Waals surface area contributed by atoms with Gasteiger partial charge in [-0.2, -0.15) is 0 Å². The van der Waals surface area contributed by atoms with Crippen LogP contribution in [0.15, 0.2) is 146 Å². The minimum Gasteiger partial charge on any atom is -0.449 e. The lowest BCUT2D eigenvalue weighted by molar-refractivity contribution is 0.360. The van der Waals surface area contributed by atoms with Gasteiger partial charge in [-0.25, -0.2) is 0 Å². The Morgan fingerprint density at radius 3 is 1.71 bits per heavy atom. The summed E-state index contributed by atoms with van der Waals surface area (Å²) in [5, 5.41) is 0. The lowest BCUT2D eigenvalue weighted by Gasteiger charge is -2.34. The molecule has 1 aliphatic carbocycles. The van der Waals surface area contributed by atoms with Gasteiger partial charge in [0, 0.05) is 5.56 Å². The van der Waals surface area contributed by atoms with Gasteiger partial charge in [0.15, 0.2) is 23.0 Å². The minimum absolute atomic E-state index is 0.529. The van der Waals surface area contributed by atoms with Gasteiger partial charge in [-0.05, 0) is 63.2 Å². The van der Waals surface area contributed by atoms with Gasteiger partial charge in [0.2, 0.25) is 0 Å². The lowest BCUT2D eigenvalue weighted by atomic mass is 9.67. The molecule has 194 valence electrons. The van der Waals surface area contributed by atoms with Crippen molar-refractivity contribution in [2.24, 2.45) is 0 Å². The van der Waals surface area contributed by atoms with Crippen LogP contribution in [0.1, 0.15) is 33.4 Å². The zero-order chi connectivity index (χ0) is 27.2. The summed E-state index contributed by atoms with van der Waals surface area (Å²) in [6.07, 6.45) is 4.37. The maximum Gasteiger partial charge on any atom is 0.178 e. The molecule has 0 saturated carbocycles. The summed E-state index contributed by atoms with van der Waals surface area (Å²) in [5.41, 5.74) is 8.88. The molecule has 0 saturated heterocycles. The highest BCUT2D eigenvalue weighted by Gasteiger charge is 2.48. The Hall–Kier alpha value is -5.34. The zero-order valence-corrected chi connectivity index (χ0v) is 22.3. The molecule has 0 atom stereocenters. The number of para-hydroxylation sites is 2. The largest absolute Gasteiger partial charge is 0.449 e. The average Bonchev–Trinajstić information content (AvgIpc) is 3.35. The lowest BCUT2D eigenvalue weighted by Crippen LogP contribution is -2.28. The van der Waals surface area contributed by atoms with Crippen LogP contribution in [-0.2, 0) is 5.41 Å². The van der Waals surface area contributed by atoms with Gasteiger partial charge >= 0.3 is 0 Å². The van der Waals surface area contributed by atoms with Crippen LogP contribution in [0.3, 0.4) is 0 Å². The van der Waals surface area contributed by atoms with Crippen molar-refractivity contribution in [1.29, 1.82) is 0 Å². The van der Waals surface area contributed by atoms with E-state index in [0.29, 0.717) is 0 Å². The van der Waals surface area contributed by atoms with Crippen LogP contribution in [0.2, 0.25) is 0 Å². The first kappa shape index (κ1) is 23.5. The van der Waals surface area contributed by atoms with Gasteiger partial charge < -0.3 is 9.47 Å². The molecule has 0 radical (unpaired) electrons. The predicted octanol–water partition coefficient (Wildman–Crippen LogP) is 10.1. The van der Waals surface area contributed by atoms with Crippen molar-refractivity contribution in [2.75, 3.05) is 0 Å². The molecule has 0 unspecified atom stereocenters. The summed E-state index contributed by atoms with van der Waals surface area (Å²) in [7, 11) is 0. The summed E-state index contributed by atoms with van der Waals surface area (Å²) >= 11 is 0. The Morgan fingerprint density at radius 1 is 0.439 bits per heavy atom. The van der Waals surface area contributed by atoms with Gasteiger partial charge in [-0.3, -0.25) is 0 Å². The van der Waals surface area contributed by atoms with E-state index in [1.165, 1.54) is 27.8 Å². The third kappa shape index (κ3) is 3.65. The van der Waals surface area contributed by atoms with E-state index in [2.05, 4.69) is 127 Å². The van der Waals surface area contributed by atoms with Gasteiger partial charge in [0.1, 0.15) is 0 Å². The van der Waals surface area contributed by atoms with Crippen molar-refractivity contribution in [3.8, 4) is 34.1 Å². The quantitative estimate of drug-likeness (QED) is 0.212. The maximum atomic E-state index is 6.64. The molecule has 0 amide bonds. The minimum atomic E-state index is -0.529. The second kappa shape index (κ2) is 9.39. The molecule has 6 aromatic rings. The molecule has 6 aromatic carbocycles. The van der Waals surface area contributed by atoms with Crippen molar-refractivity contribution in [1.82, 2.24) is 0 Å². The van der Waals surface area contributed by atoms with E-state index >= 15 is 0 Å². The molecule has 0 N–H and O–H groups in total. The highest BCUT2D eigenvalue weighted by atomic mass is 16.6. The first-order chi connectivity index (χ1) is 20.3. The molecular weight excluding hydrogens is 500 g/mol. The summed E-state index contributed by atoms with van der Waals surface area (Å²) in [5.74, 6) is 2.97. The number of hydrogen-bond acceptors (Lipinski definition) is 2. The van der Waals surface area contributed by atoms with E-state index in [1.807, 2.05) is 30.3 Å². The summed E-state index contributed by atoms with van der Waals surface area (Å²) < 4.78 is 13.0. The highest BCUT2D eigenvalue weighted by Crippen LogP contribution is 2.62. The fraction of sp³-hybridized carbons (Fsp3) is 0.0256. The molecule has 0 bridgehead atoms. The van der Waals surface area contributed by atoms with Crippen LogP contribution in [0, 0.1) is 0 Å². The molecule has 1 heterocycles. The average molecular weight is 527 g/mol. The number of benzene rings is 6. The van der Waals surface area contributed by atoms with E-state index in [0.717, 1.165) is 39.7 Å². The third-order valence-electron chi connectivity index (χ3n) is 8.21. The first-order valence-electron chi connectivity index (χ1n) is 13.9. The van der Waals surface area contributed by atoms with E-state index in [-0.39, 0.29) is 0 Å². The molecule has 0 aromatic heterocycles. The molecule has 0 fully saturated rings. The molecule has 2 aliphatic rings. The van der Waals surface area contributed by atoms with Gasteiger partial charge in [0.25, 0.3) is 0 Å². The SMILES string of the molecule is C(=C\c1ccc2c(c1)C(c1ccccc1)(c1ccccc1)c1ccc3c(c1-2)Oc1ccccc1O3)/c1ccccc1. The third-order valence-corrected chi connectivity index (χ3v) is 8.21. The van der Waals surface area contributed by atoms with Gasteiger partial charge in [0.05, 0.1) is 5.41 Å². The Morgan fingerprint density at radius 2 is 1.02 bits per heavy atom. The van der Waals surface area contributed by atoms with E-state index < -0.39 is 5.41 Å². The Kier molecular flexibility index (Phi) is 5.39. The van der Waals surface area contributed by atoms with Crippen LogP contribution in [-0.4, -0.2) is 0 Å². The second-order valence-corrected chi connectivity index (χ2v) is 10.5. The van der Waals surface area contributed by atoms with Crippen molar-refractivity contribution < 1.29 is 9.47 Å². The summed E-state index contributed by atoms with van der Waals surface area (Å²) in [6.45, 7) is 0. The van der Waals surface area contributed by atoms with Crippen LogP contribution in [0.25, 0.3) is 23.3 Å². The topological polar surface area (TPSA) is 18.5 Å². The molecule has 0 spiro atoms. The second-order valence-electron chi connectivity index (χ2n) is 10.5. The van der Waals surface area contributed by atoms with Gasteiger partial charge in [-0.15, -0.1) is 0 Å². The fourth-order valence-corrected chi connectivity index (χ4v) is 6.43. The molecule has 8 rings (SSSR count). The summed E-state index contributed by atoms with van der Waals surface area (Å²) in [4.78, 5) is 0. The molecule has 2 nitrogen and oxygen atoms in total. The number of fused-ring (bicyclic) bond motifs is 6. The standard InChI is InChI=1S/C39H26O2/c1-4-12-27(13-5-1)20-21-28-22-23-31-33(26-28)39(29-14-6-2-7-15-29,30-16-8-3-9-17-30)32-24-25-36-38(37(31)32)41-35-19-11-10-18-34(35)40-36/h1-26H/b21-20+. The number of rotatable bonds is 4. The smallest absolute Gasteiger partial charge is 0.178 e. The Bertz CT molecular complexity index is 1880.